The predicted octanol–water partition coefficient (Wildman–Crippen LogP) is 5.48. The average Bonchev–Trinajstić information content (AvgIpc) is 3.07. The first-order valence-corrected chi connectivity index (χ1v) is 9.70. The Morgan fingerprint density at radius 1 is 1.19 bits per heavy atom. The van der Waals surface area contributed by atoms with Gasteiger partial charge in [-0.15, -0.1) is 11.8 Å². The van der Waals surface area contributed by atoms with E-state index in [0.29, 0.717) is 22.4 Å². The first kappa shape index (κ1) is 18.5. The minimum absolute atomic E-state index is 0.0247. The van der Waals surface area contributed by atoms with Crippen molar-refractivity contribution in [1.29, 1.82) is 0 Å². The standard InChI is InChI=1S/C20H19ClN2O2S/c1-13-3-8-18(14(2)9-13)23-19(24)12-26-11-17-10-25-20(22-17)15-4-6-16(21)7-5-15/h3-10H,11-12H2,1-2H3,(H,23,24). The lowest BCUT2D eigenvalue weighted by molar-refractivity contribution is -0.113. The van der Waals surface area contributed by atoms with Gasteiger partial charge in [0.25, 0.3) is 0 Å². The largest absolute Gasteiger partial charge is 0.444 e. The van der Waals surface area contributed by atoms with Crippen molar-refractivity contribution in [2.75, 3.05) is 11.1 Å². The van der Waals surface area contributed by atoms with Gasteiger partial charge in [-0.3, -0.25) is 4.79 Å². The van der Waals surface area contributed by atoms with Crippen LogP contribution in [-0.4, -0.2) is 16.6 Å². The van der Waals surface area contributed by atoms with Gasteiger partial charge in [0.1, 0.15) is 6.26 Å². The molecule has 0 atom stereocenters. The highest BCUT2D eigenvalue weighted by Crippen LogP contribution is 2.23. The fourth-order valence-electron chi connectivity index (χ4n) is 2.49. The second kappa shape index (κ2) is 8.43. The molecule has 0 spiro atoms. The van der Waals surface area contributed by atoms with Crippen LogP contribution in [0.15, 0.2) is 53.1 Å². The lowest BCUT2D eigenvalue weighted by Crippen LogP contribution is -2.15. The number of carbonyl (C=O) groups excluding carboxylic acids is 1. The van der Waals surface area contributed by atoms with Gasteiger partial charge in [0.05, 0.1) is 11.4 Å². The van der Waals surface area contributed by atoms with E-state index in [-0.39, 0.29) is 5.91 Å². The molecule has 0 aliphatic carbocycles. The summed E-state index contributed by atoms with van der Waals surface area (Å²) in [6.07, 6.45) is 1.62. The maximum atomic E-state index is 12.1. The number of oxazole rings is 1. The normalized spacial score (nSPS) is 10.7. The molecule has 0 saturated carbocycles. The van der Waals surface area contributed by atoms with Crippen LogP contribution >= 0.6 is 23.4 Å². The van der Waals surface area contributed by atoms with Crippen molar-refractivity contribution in [2.45, 2.75) is 19.6 Å². The van der Waals surface area contributed by atoms with E-state index in [4.69, 9.17) is 16.0 Å². The molecular weight excluding hydrogens is 368 g/mol. The Labute approximate surface area is 162 Å². The molecule has 0 fully saturated rings. The number of benzene rings is 2. The fraction of sp³-hybridized carbons (Fsp3) is 0.200. The van der Waals surface area contributed by atoms with Crippen molar-refractivity contribution >= 4 is 35.0 Å². The van der Waals surface area contributed by atoms with Crippen LogP contribution in [0, 0.1) is 13.8 Å². The number of nitrogens with one attached hydrogen (secondary N) is 1. The molecule has 1 aromatic heterocycles. The molecule has 3 rings (SSSR count). The third-order valence-corrected chi connectivity index (χ3v) is 5.00. The molecule has 6 heteroatoms. The Morgan fingerprint density at radius 3 is 2.69 bits per heavy atom. The fourth-order valence-corrected chi connectivity index (χ4v) is 3.31. The molecule has 0 aliphatic rings. The third kappa shape index (κ3) is 4.90. The number of carbonyl (C=O) groups is 1. The number of amides is 1. The molecule has 2 aromatic carbocycles. The average molecular weight is 387 g/mol. The maximum absolute atomic E-state index is 12.1. The third-order valence-electron chi connectivity index (χ3n) is 3.78. The highest BCUT2D eigenvalue weighted by atomic mass is 35.5. The van der Waals surface area contributed by atoms with Crippen LogP contribution < -0.4 is 5.32 Å². The van der Waals surface area contributed by atoms with E-state index in [1.54, 1.807) is 18.4 Å². The first-order valence-electron chi connectivity index (χ1n) is 8.16. The monoisotopic (exact) mass is 386 g/mol. The molecule has 0 saturated heterocycles. The summed E-state index contributed by atoms with van der Waals surface area (Å²) < 4.78 is 5.50. The summed E-state index contributed by atoms with van der Waals surface area (Å²) in [5.74, 6) is 1.49. The summed E-state index contributed by atoms with van der Waals surface area (Å²) in [4.78, 5) is 16.6. The number of thioether (sulfide) groups is 1. The molecule has 134 valence electrons. The SMILES string of the molecule is Cc1ccc(NC(=O)CSCc2coc(-c3ccc(Cl)cc3)n2)c(C)c1. The van der Waals surface area contributed by atoms with Crippen molar-refractivity contribution in [1.82, 2.24) is 4.98 Å². The van der Waals surface area contributed by atoms with Gasteiger partial charge in [0, 0.05) is 22.0 Å². The topological polar surface area (TPSA) is 55.1 Å². The van der Waals surface area contributed by atoms with Gasteiger partial charge in [-0.2, -0.15) is 0 Å². The molecule has 1 N–H and O–H groups in total. The lowest BCUT2D eigenvalue weighted by atomic mass is 10.1. The summed E-state index contributed by atoms with van der Waals surface area (Å²) in [5, 5.41) is 3.62. The van der Waals surface area contributed by atoms with Crippen LogP contribution in [0.3, 0.4) is 0 Å². The Kier molecular flexibility index (Phi) is 6.01. The zero-order valence-corrected chi connectivity index (χ0v) is 16.2. The van der Waals surface area contributed by atoms with E-state index in [1.807, 2.05) is 38.1 Å². The first-order chi connectivity index (χ1) is 12.5. The highest BCUT2D eigenvalue weighted by molar-refractivity contribution is 7.99. The van der Waals surface area contributed by atoms with Gasteiger partial charge < -0.3 is 9.73 Å². The lowest BCUT2D eigenvalue weighted by Gasteiger charge is -2.08. The molecule has 0 unspecified atom stereocenters. The van der Waals surface area contributed by atoms with Crippen LogP contribution in [-0.2, 0) is 10.5 Å². The molecule has 3 aromatic rings. The molecule has 1 heterocycles. The summed E-state index contributed by atoms with van der Waals surface area (Å²) in [5.41, 5.74) is 4.77. The molecule has 0 aliphatic heterocycles. The second-order valence-electron chi connectivity index (χ2n) is 6.01. The van der Waals surface area contributed by atoms with Crippen LogP contribution in [0.1, 0.15) is 16.8 Å². The second-order valence-corrected chi connectivity index (χ2v) is 7.43. The molecular formula is C20H19ClN2O2S. The minimum atomic E-state index is -0.0247. The van der Waals surface area contributed by atoms with Crippen LogP contribution in [0.25, 0.3) is 11.5 Å². The van der Waals surface area contributed by atoms with Crippen molar-refractivity contribution in [2.24, 2.45) is 0 Å². The Morgan fingerprint density at radius 2 is 1.96 bits per heavy atom. The zero-order chi connectivity index (χ0) is 18.5. The van der Waals surface area contributed by atoms with E-state index < -0.39 is 0 Å². The summed E-state index contributed by atoms with van der Waals surface area (Å²) in [7, 11) is 0. The number of anilines is 1. The number of aromatic nitrogens is 1. The smallest absolute Gasteiger partial charge is 0.234 e. The van der Waals surface area contributed by atoms with Crippen molar-refractivity contribution < 1.29 is 9.21 Å². The number of halogens is 1. The molecule has 26 heavy (non-hydrogen) atoms. The van der Waals surface area contributed by atoms with Crippen LogP contribution in [0.2, 0.25) is 5.02 Å². The quantitative estimate of drug-likeness (QED) is 0.609. The highest BCUT2D eigenvalue weighted by Gasteiger charge is 2.09. The Bertz CT molecular complexity index is 906. The molecule has 1 amide bonds. The molecule has 0 bridgehead atoms. The summed E-state index contributed by atoms with van der Waals surface area (Å²) in [6.45, 7) is 4.02. The van der Waals surface area contributed by atoms with Gasteiger partial charge in [-0.05, 0) is 49.7 Å². The maximum Gasteiger partial charge on any atom is 0.234 e. The van der Waals surface area contributed by atoms with Gasteiger partial charge in [-0.1, -0.05) is 29.3 Å². The molecule has 4 nitrogen and oxygen atoms in total. The number of nitrogens with zero attached hydrogens (tertiary/aromatic N) is 1. The van der Waals surface area contributed by atoms with E-state index in [0.717, 1.165) is 22.5 Å². The van der Waals surface area contributed by atoms with Crippen LogP contribution in [0.4, 0.5) is 5.69 Å². The van der Waals surface area contributed by atoms with Gasteiger partial charge >= 0.3 is 0 Å². The van der Waals surface area contributed by atoms with E-state index in [9.17, 15) is 4.79 Å². The van der Waals surface area contributed by atoms with Crippen molar-refractivity contribution in [3.05, 3.63) is 70.6 Å². The Hall–Kier alpha value is -2.24. The van der Waals surface area contributed by atoms with E-state index in [2.05, 4.69) is 16.4 Å². The van der Waals surface area contributed by atoms with Crippen LogP contribution in [0.5, 0.6) is 0 Å². The number of rotatable bonds is 6. The summed E-state index contributed by atoms with van der Waals surface area (Å²) in [6, 6.07) is 13.3. The van der Waals surface area contributed by atoms with E-state index in [1.165, 1.54) is 17.3 Å². The molecule has 0 radical (unpaired) electrons. The van der Waals surface area contributed by atoms with Gasteiger partial charge in [0.15, 0.2) is 0 Å². The number of aryl methyl sites for hydroxylation is 2. The van der Waals surface area contributed by atoms with Gasteiger partial charge in [-0.25, -0.2) is 4.98 Å². The minimum Gasteiger partial charge on any atom is -0.444 e. The van der Waals surface area contributed by atoms with Crippen molar-refractivity contribution in [3.63, 3.8) is 0 Å². The number of hydrogen-bond acceptors (Lipinski definition) is 4. The Balaban J connectivity index is 1.50. The van der Waals surface area contributed by atoms with Crippen molar-refractivity contribution in [3.8, 4) is 11.5 Å². The zero-order valence-electron chi connectivity index (χ0n) is 14.6. The number of hydrogen-bond donors (Lipinski definition) is 1. The van der Waals surface area contributed by atoms with E-state index >= 15 is 0 Å². The summed E-state index contributed by atoms with van der Waals surface area (Å²) >= 11 is 7.38. The van der Waals surface area contributed by atoms with Gasteiger partial charge in [0.2, 0.25) is 11.8 Å². The predicted molar refractivity (Wildman–Crippen MR) is 108 cm³/mol.